The highest BCUT2D eigenvalue weighted by Gasteiger charge is 2.28. The Morgan fingerprint density at radius 1 is 0.147 bits per heavy atom. The first-order chi connectivity index (χ1) is 73.9. The van der Waals surface area contributed by atoms with Crippen LogP contribution in [0.5, 0.6) is 0 Å². The van der Waals surface area contributed by atoms with Gasteiger partial charge in [0.25, 0.3) is 0 Å². The summed E-state index contributed by atoms with van der Waals surface area (Å²) in [5.41, 5.74) is 36.3. The monoisotopic (exact) mass is 1910 g/mol. The summed E-state index contributed by atoms with van der Waals surface area (Å²) in [5, 5.41) is 31.2. The number of aromatic nitrogens is 3. The smallest absolute Gasteiger partial charge is 0.0553 e. The van der Waals surface area contributed by atoms with E-state index in [4.69, 9.17) is 0 Å². The summed E-state index contributed by atoms with van der Waals surface area (Å²) in [4.78, 5) is 7.07. The van der Waals surface area contributed by atoms with Gasteiger partial charge in [-0.3, -0.25) is 0 Å². The van der Waals surface area contributed by atoms with Crippen LogP contribution in [0.2, 0.25) is 0 Å². The number of rotatable bonds is 15. The molecule has 30 rings (SSSR count). The second-order valence-corrected chi connectivity index (χ2v) is 40.6. The second kappa shape index (κ2) is 36.0. The van der Waals surface area contributed by atoms with E-state index in [1.165, 1.54) is 258 Å². The molecule has 0 bridgehead atoms. The van der Waals surface area contributed by atoms with E-state index >= 15 is 0 Å². The molecule has 6 heteroatoms. The summed E-state index contributed by atoms with van der Waals surface area (Å²) in [6, 6.07) is 187. The third-order valence-electron chi connectivity index (χ3n) is 31.4. The second-order valence-electron chi connectivity index (χ2n) is 40.6. The van der Waals surface area contributed by atoms with Crippen LogP contribution in [0.15, 0.2) is 510 Å². The molecule has 0 amide bonds. The molecule has 3 aromatic heterocycles. The van der Waals surface area contributed by atoms with Crippen molar-refractivity contribution < 1.29 is 0 Å². The van der Waals surface area contributed by atoms with Crippen molar-refractivity contribution >= 4 is 214 Å². The van der Waals surface area contributed by atoms with Gasteiger partial charge in [-0.05, 0) is 364 Å². The molecule has 0 aliphatic heterocycles. The minimum atomic E-state index is 1.14. The third-order valence-corrected chi connectivity index (χ3v) is 31.4. The van der Waals surface area contributed by atoms with Crippen molar-refractivity contribution in [3.05, 3.63) is 543 Å². The van der Waals surface area contributed by atoms with Crippen molar-refractivity contribution in [1.82, 2.24) is 13.7 Å². The van der Waals surface area contributed by atoms with Gasteiger partial charge >= 0.3 is 0 Å². The predicted octanol–water partition coefficient (Wildman–Crippen LogP) is 40.3. The number of hydrogen-bond acceptors (Lipinski definition) is 3. The fraction of sp³-hybridized carbons (Fsp3) is 0.0417. The van der Waals surface area contributed by atoms with Gasteiger partial charge in [-0.25, -0.2) is 0 Å². The maximum absolute atomic E-state index is 2.42. The van der Waals surface area contributed by atoms with E-state index in [2.05, 4.69) is 580 Å². The number of anilines is 9. The van der Waals surface area contributed by atoms with Crippen molar-refractivity contribution in [1.29, 1.82) is 0 Å². The Balaban J connectivity index is 0.000000108. The van der Waals surface area contributed by atoms with E-state index in [0.29, 0.717) is 0 Å². The molecule has 0 spiro atoms. The Kier molecular flexibility index (Phi) is 21.2. The number of hydrogen-bond donors (Lipinski definition) is 0. The van der Waals surface area contributed by atoms with Gasteiger partial charge in [-0.1, -0.05) is 351 Å². The topological polar surface area (TPSA) is 24.5 Å². The highest BCUT2D eigenvalue weighted by atomic mass is 15.2. The lowest BCUT2D eigenvalue weighted by molar-refractivity contribution is 1.18. The van der Waals surface area contributed by atoms with E-state index in [-0.39, 0.29) is 0 Å². The fourth-order valence-corrected chi connectivity index (χ4v) is 24.5. The van der Waals surface area contributed by atoms with E-state index in [1.807, 2.05) is 0 Å². The number of benzene rings is 27. The lowest BCUT2D eigenvalue weighted by Gasteiger charge is -2.28. The van der Waals surface area contributed by atoms with Gasteiger partial charge < -0.3 is 28.4 Å². The van der Waals surface area contributed by atoms with Crippen molar-refractivity contribution in [2.45, 2.75) is 41.5 Å². The predicted molar refractivity (Wildman–Crippen MR) is 642 cm³/mol. The maximum atomic E-state index is 2.42. The Morgan fingerprint density at radius 2 is 0.407 bits per heavy atom. The number of nitrogens with zero attached hydrogens (tertiary/aromatic N) is 6. The van der Waals surface area contributed by atoms with Crippen LogP contribution in [0.3, 0.4) is 0 Å². The van der Waals surface area contributed by atoms with Crippen LogP contribution in [0.1, 0.15) is 33.4 Å². The van der Waals surface area contributed by atoms with Crippen LogP contribution >= 0.6 is 0 Å². The van der Waals surface area contributed by atoms with Gasteiger partial charge in [0.2, 0.25) is 0 Å². The van der Waals surface area contributed by atoms with Gasteiger partial charge in [-0.15, -0.1) is 0 Å². The van der Waals surface area contributed by atoms with Crippen molar-refractivity contribution in [2.24, 2.45) is 0 Å². The summed E-state index contributed by atoms with van der Waals surface area (Å²) in [5.74, 6) is 0. The van der Waals surface area contributed by atoms with E-state index < -0.39 is 0 Å². The maximum Gasteiger partial charge on any atom is 0.0553 e. The molecule has 0 unspecified atom stereocenters. The molecule has 30 aromatic rings. The molecule has 708 valence electrons. The molecule has 6 nitrogen and oxygen atoms in total. The minimum Gasteiger partial charge on any atom is -0.311 e. The zero-order chi connectivity index (χ0) is 100. The average Bonchev–Trinajstić information content (AvgIpc) is 1.51. The highest BCUT2D eigenvalue weighted by Crippen LogP contribution is 2.53. The van der Waals surface area contributed by atoms with E-state index in [0.717, 1.165) is 39.8 Å². The van der Waals surface area contributed by atoms with Crippen LogP contribution in [-0.4, -0.2) is 13.7 Å². The third kappa shape index (κ3) is 14.7. The molecule has 0 N–H and O–H groups in total. The van der Waals surface area contributed by atoms with Gasteiger partial charge in [-0.2, -0.15) is 0 Å². The zero-order valence-corrected chi connectivity index (χ0v) is 84.2. The van der Waals surface area contributed by atoms with Crippen LogP contribution in [-0.2, 0) is 0 Å². The van der Waals surface area contributed by atoms with Crippen molar-refractivity contribution in [2.75, 3.05) is 14.7 Å². The minimum absolute atomic E-state index is 1.14. The van der Waals surface area contributed by atoms with Gasteiger partial charge in [0.05, 0.1) is 33.1 Å². The van der Waals surface area contributed by atoms with Crippen LogP contribution in [0.25, 0.3) is 213 Å². The molecular formula is C144H102N6. The van der Waals surface area contributed by atoms with Gasteiger partial charge in [0, 0.05) is 101 Å². The Bertz CT molecular complexity index is 10400. The SMILES string of the molecule is Cc1ccc(N(c2ccc(C)cc2)c2ccc(-c3ccc4ccc5cc6c(c7ccc3c4c57)c3ccccc3n6-c3ccccc3)cc2)cc1.Cc1cccc(N(c2ccc(-c3ccc4ccc5cc6c(c7ccc3c4c57)c3ccccc3n6-c3ccccc3)cc2)c2cccc(C)c2)c1.Cc1ccccc1N(c1ccc(-c2ccc3ccc4cc5c(c6ccc2c3c46)c2ccccc2n5-c2ccccc2)cc1)c1ccccc1C. The van der Waals surface area contributed by atoms with E-state index in [9.17, 15) is 0 Å². The lowest BCUT2D eigenvalue weighted by atomic mass is 9.88. The average molecular weight is 1920 g/mol. The Morgan fingerprint density at radius 3 is 0.727 bits per heavy atom. The molecule has 0 aliphatic carbocycles. The molecule has 27 aromatic carbocycles. The summed E-state index contributed by atoms with van der Waals surface area (Å²) < 4.78 is 7.26. The largest absolute Gasteiger partial charge is 0.311 e. The fourth-order valence-electron chi connectivity index (χ4n) is 24.5. The van der Waals surface area contributed by atoms with Crippen LogP contribution in [0.4, 0.5) is 51.2 Å². The zero-order valence-electron chi connectivity index (χ0n) is 84.2. The molecule has 0 fully saturated rings. The molecular weight excluding hydrogens is 1810 g/mol. The molecule has 0 saturated carbocycles. The molecule has 0 radical (unpaired) electrons. The van der Waals surface area contributed by atoms with Gasteiger partial charge in [0.1, 0.15) is 0 Å². The quantitative estimate of drug-likeness (QED) is 0.0956. The molecule has 0 aliphatic rings. The summed E-state index contributed by atoms with van der Waals surface area (Å²) in [6.07, 6.45) is 0. The lowest BCUT2D eigenvalue weighted by Crippen LogP contribution is -2.12. The first-order valence-electron chi connectivity index (χ1n) is 52.1. The standard InChI is InChI=1S/3C48H34N2/c1-31-12-6-9-17-42(31)49(43-18-10-7-13-32(43)2)37-25-22-33(23-26-37)38-27-24-34-20-21-35-30-45-48(41-29-28-39(38)46(34)47(35)41)40-16-8-11-19-44(40)50(45)36-14-4-3-5-15-36;1-31-10-8-14-38(28-31)49(39-15-9-11-32(2)29-39)37-23-20-33(21-24-37)40-25-22-34-18-19-35-30-45-48(43-27-26-41(40)46(34)47(35)43)42-16-6-7-17-44(42)50(45)36-12-4-3-5-13-36;1-31-12-21-37(22-13-31)49(38-23-14-32(2)15-24-38)39-25-18-33(19-26-39)40-27-20-34-16-17-35-30-45-48(43-29-28-41(40)46(34)47(35)43)42-10-6-7-11-44(42)50(45)36-8-4-3-5-9-36/h3*3-30H,1-2H3. The first-order valence-corrected chi connectivity index (χ1v) is 52.1. The van der Waals surface area contributed by atoms with Gasteiger partial charge in [0.15, 0.2) is 0 Å². The molecule has 150 heavy (non-hydrogen) atoms. The van der Waals surface area contributed by atoms with Crippen molar-refractivity contribution in [3.63, 3.8) is 0 Å². The number of fused-ring (bicyclic) bond motifs is 12. The Hall–Kier alpha value is -19.1. The summed E-state index contributed by atoms with van der Waals surface area (Å²) in [6.45, 7) is 13.0. The number of aryl methyl sites for hydroxylation is 6. The van der Waals surface area contributed by atoms with E-state index in [1.54, 1.807) is 0 Å². The van der Waals surface area contributed by atoms with Crippen molar-refractivity contribution in [3.8, 4) is 50.4 Å². The van der Waals surface area contributed by atoms with Crippen LogP contribution < -0.4 is 14.7 Å². The number of para-hydroxylation sites is 8. The summed E-state index contributed by atoms with van der Waals surface area (Å²) >= 11 is 0. The van der Waals surface area contributed by atoms with Crippen LogP contribution in [0, 0.1) is 41.5 Å². The summed E-state index contributed by atoms with van der Waals surface area (Å²) in [7, 11) is 0. The molecule has 0 atom stereocenters. The Labute approximate surface area is 870 Å². The molecule has 3 heterocycles. The normalized spacial score (nSPS) is 11.8. The molecule has 0 saturated heterocycles. The highest BCUT2D eigenvalue weighted by molar-refractivity contribution is 6.38. The first kappa shape index (κ1) is 88.6.